The minimum absolute atomic E-state index is 0.0635. The second kappa shape index (κ2) is 9.23. The summed E-state index contributed by atoms with van der Waals surface area (Å²) in [5.74, 6) is 0.952. The van der Waals surface area contributed by atoms with Crippen LogP contribution < -0.4 is 4.90 Å². The molecule has 3 aromatic rings. The van der Waals surface area contributed by atoms with Crippen molar-refractivity contribution in [1.29, 1.82) is 5.26 Å². The summed E-state index contributed by atoms with van der Waals surface area (Å²) in [6.45, 7) is 6.95. The fourth-order valence-corrected chi connectivity index (χ4v) is 4.67. The van der Waals surface area contributed by atoms with Gasteiger partial charge in [0.1, 0.15) is 5.69 Å². The second-order valence-electron chi connectivity index (χ2n) is 8.91. The molecule has 0 bridgehead atoms. The highest BCUT2D eigenvalue weighted by atomic mass is 16.2. The van der Waals surface area contributed by atoms with Gasteiger partial charge in [-0.3, -0.25) is 14.4 Å². The lowest BCUT2D eigenvalue weighted by atomic mass is 10.1. The highest BCUT2D eigenvalue weighted by Gasteiger charge is 2.27. The first kappa shape index (κ1) is 22.0. The number of carbonyl (C=O) groups excluding carboxylic acids is 1. The third-order valence-electron chi connectivity index (χ3n) is 6.62. The van der Waals surface area contributed by atoms with Crippen LogP contribution in [0.2, 0.25) is 0 Å². The average molecular weight is 457 g/mol. The van der Waals surface area contributed by atoms with E-state index in [1.54, 1.807) is 11.6 Å². The number of piperazine rings is 1. The Labute approximate surface area is 199 Å². The summed E-state index contributed by atoms with van der Waals surface area (Å²) in [5, 5.41) is 13.7. The van der Waals surface area contributed by atoms with Crippen LogP contribution in [0.1, 0.15) is 29.4 Å². The van der Waals surface area contributed by atoms with Crippen molar-refractivity contribution in [3.8, 4) is 17.3 Å². The third-order valence-corrected chi connectivity index (χ3v) is 6.62. The van der Waals surface area contributed by atoms with Gasteiger partial charge in [-0.15, -0.1) is 0 Å². The molecule has 34 heavy (non-hydrogen) atoms. The first-order chi connectivity index (χ1) is 16.5. The van der Waals surface area contributed by atoms with Gasteiger partial charge < -0.3 is 9.80 Å². The van der Waals surface area contributed by atoms with Crippen molar-refractivity contribution in [3.63, 3.8) is 0 Å². The Morgan fingerprint density at radius 2 is 1.88 bits per heavy atom. The van der Waals surface area contributed by atoms with Crippen LogP contribution in [0.5, 0.6) is 0 Å². The Kier molecular flexibility index (Phi) is 5.99. The van der Waals surface area contributed by atoms with Crippen LogP contribution in [0.15, 0.2) is 36.7 Å². The van der Waals surface area contributed by atoms with Crippen molar-refractivity contribution in [2.75, 3.05) is 37.6 Å². The van der Waals surface area contributed by atoms with Crippen molar-refractivity contribution in [3.05, 3.63) is 59.2 Å². The lowest BCUT2D eigenvalue weighted by molar-refractivity contribution is -0.129. The summed E-state index contributed by atoms with van der Waals surface area (Å²) in [6, 6.07) is 10.1. The van der Waals surface area contributed by atoms with Crippen LogP contribution in [0.4, 0.5) is 5.82 Å². The monoisotopic (exact) mass is 456 g/mol. The van der Waals surface area contributed by atoms with Gasteiger partial charge in [-0.1, -0.05) is 18.2 Å². The van der Waals surface area contributed by atoms with Gasteiger partial charge in [0.2, 0.25) is 5.91 Å². The number of hydrogen-bond donors (Lipinski definition) is 0. The fraction of sp³-hybridized carbons (Fsp3) is 0.400. The van der Waals surface area contributed by atoms with Gasteiger partial charge in [0.15, 0.2) is 5.82 Å². The molecule has 4 heterocycles. The van der Waals surface area contributed by atoms with Crippen molar-refractivity contribution in [1.82, 2.24) is 29.5 Å². The number of benzene rings is 1. The molecular weight excluding hydrogens is 428 g/mol. The summed E-state index contributed by atoms with van der Waals surface area (Å²) in [7, 11) is 1.89. The highest BCUT2D eigenvalue weighted by Crippen LogP contribution is 2.31. The van der Waals surface area contributed by atoms with Gasteiger partial charge in [0.05, 0.1) is 35.8 Å². The molecule has 0 atom stereocenters. The molecule has 174 valence electrons. The maximum atomic E-state index is 11.9. The van der Waals surface area contributed by atoms with Gasteiger partial charge in [-0.25, -0.2) is 9.97 Å². The van der Waals surface area contributed by atoms with Gasteiger partial charge in [-0.2, -0.15) is 10.4 Å². The van der Waals surface area contributed by atoms with Crippen LogP contribution in [0, 0.1) is 11.3 Å². The topological polar surface area (TPSA) is 94.2 Å². The Hall–Kier alpha value is -3.77. The summed E-state index contributed by atoms with van der Waals surface area (Å²) < 4.78 is 1.77. The molecule has 0 saturated carbocycles. The highest BCUT2D eigenvalue weighted by molar-refractivity contribution is 5.74. The zero-order valence-corrected chi connectivity index (χ0v) is 19.6. The zero-order chi connectivity index (χ0) is 23.7. The van der Waals surface area contributed by atoms with E-state index in [-0.39, 0.29) is 5.91 Å². The largest absolute Gasteiger partial charge is 0.352 e. The third kappa shape index (κ3) is 4.37. The van der Waals surface area contributed by atoms with Crippen molar-refractivity contribution in [2.45, 2.75) is 26.4 Å². The standard InChI is InChI=1S/C25H28N8O/c1-18(34)33-8-7-22-23(17-33)28-24(21-14-27-30(2)15-21)25(29-22)32-11-9-31(10-12-32)16-20-6-4-3-5-19(20)13-26/h3-6,14-15H,7-12,16-17H2,1-2H3. The minimum atomic E-state index is 0.0635. The Bertz CT molecular complexity index is 1250. The predicted molar refractivity (Wildman–Crippen MR) is 128 cm³/mol. The van der Waals surface area contributed by atoms with Crippen LogP contribution in [-0.4, -0.2) is 68.2 Å². The molecule has 1 aromatic carbocycles. The molecule has 0 N–H and O–H groups in total. The van der Waals surface area contributed by atoms with Crippen molar-refractivity contribution in [2.24, 2.45) is 7.05 Å². The number of rotatable bonds is 4. The fourth-order valence-electron chi connectivity index (χ4n) is 4.67. The van der Waals surface area contributed by atoms with Gasteiger partial charge >= 0.3 is 0 Å². The van der Waals surface area contributed by atoms with Crippen LogP contribution >= 0.6 is 0 Å². The summed E-state index contributed by atoms with van der Waals surface area (Å²) in [5.41, 5.74) is 5.40. The molecule has 0 unspecified atom stereocenters. The number of hydrogen-bond acceptors (Lipinski definition) is 7. The van der Waals surface area contributed by atoms with Crippen LogP contribution in [0.25, 0.3) is 11.3 Å². The Morgan fingerprint density at radius 1 is 1.09 bits per heavy atom. The molecule has 1 saturated heterocycles. The number of nitrogens with zero attached hydrogens (tertiary/aromatic N) is 8. The van der Waals surface area contributed by atoms with E-state index in [0.717, 1.165) is 72.3 Å². The molecule has 2 aromatic heterocycles. The van der Waals surface area contributed by atoms with Gasteiger partial charge in [0, 0.05) is 71.4 Å². The molecule has 0 aliphatic carbocycles. The molecule has 1 fully saturated rings. The summed E-state index contributed by atoms with van der Waals surface area (Å²) >= 11 is 0. The molecule has 0 radical (unpaired) electrons. The van der Waals surface area contributed by atoms with Gasteiger partial charge in [-0.05, 0) is 11.6 Å². The van der Waals surface area contributed by atoms with E-state index in [1.807, 2.05) is 48.6 Å². The Balaban J connectivity index is 1.39. The lowest BCUT2D eigenvalue weighted by Crippen LogP contribution is -2.46. The summed E-state index contributed by atoms with van der Waals surface area (Å²) in [4.78, 5) is 28.5. The maximum absolute atomic E-state index is 11.9. The van der Waals surface area contributed by atoms with E-state index >= 15 is 0 Å². The molecule has 2 aliphatic rings. The molecule has 9 heteroatoms. The maximum Gasteiger partial charge on any atom is 0.219 e. The van der Waals surface area contributed by atoms with E-state index in [4.69, 9.17) is 9.97 Å². The van der Waals surface area contributed by atoms with E-state index in [0.29, 0.717) is 19.5 Å². The number of aryl methyl sites for hydroxylation is 1. The minimum Gasteiger partial charge on any atom is -0.352 e. The quantitative estimate of drug-likeness (QED) is 0.592. The van der Waals surface area contributed by atoms with E-state index < -0.39 is 0 Å². The van der Waals surface area contributed by atoms with Gasteiger partial charge in [0.25, 0.3) is 0 Å². The second-order valence-corrected chi connectivity index (χ2v) is 8.91. The number of nitriles is 1. The molecule has 5 rings (SSSR count). The summed E-state index contributed by atoms with van der Waals surface area (Å²) in [6.07, 6.45) is 4.49. The lowest BCUT2D eigenvalue weighted by Gasteiger charge is -2.37. The average Bonchev–Trinajstić information content (AvgIpc) is 3.29. The zero-order valence-electron chi connectivity index (χ0n) is 19.6. The number of fused-ring (bicyclic) bond motifs is 1. The van der Waals surface area contributed by atoms with Crippen LogP contribution in [0.3, 0.4) is 0 Å². The normalized spacial score (nSPS) is 16.3. The van der Waals surface area contributed by atoms with Crippen molar-refractivity contribution >= 4 is 11.7 Å². The smallest absolute Gasteiger partial charge is 0.219 e. The molecular formula is C25H28N8O. The first-order valence-corrected chi connectivity index (χ1v) is 11.6. The van der Waals surface area contributed by atoms with Crippen LogP contribution in [-0.2, 0) is 31.4 Å². The number of carbonyl (C=O) groups is 1. The van der Waals surface area contributed by atoms with Crippen molar-refractivity contribution < 1.29 is 4.79 Å². The first-order valence-electron chi connectivity index (χ1n) is 11.6. The molecule has 0 spiro atoms. The molecule has 9 nitrogen and oxygen atoms in total. The van der Waals surface area contributed by atoms with E-state index in [2.05, 4.69) is 21.0 Å². The molecule has 1 amide bonds. The Morgan fingerprint density at radius 3 is 2.59 bits per heavy atom. The SMILES string of the molecule is CC(=O)N1CCc2nc(N3CCN(Cc4ccccc4C#N)CC3)c(-c3cnn(C)c3)nc2C1. The van der Waals surface area contributed by atoms with E-state index in [1.165, 1.54) is 0 Å². The predicted octanol–water partition coefficient (Wildman–Crippen LogP) is 1.98. The number of amides is 1. The number of aromatic nitrogens is 4. The van der Waals surface area contributed by atoms with E-state index in [9.17, 15) is 10.1 Å². The molecule has 2 aliphatic heterocycles. The number of anilines is 1.